The van der Waals surface area contributed by atoms with Crippen LogP contribution < -0.4 is 10.6 Å². The second kappa shape index (κ2) is 18.2. The maximum absolute atomic E-state index is 14.1. The van der Waals surface area contributed by atoms with Gasteiger partial charge in [-0.05, 0) is 90.4 Å². The number of amides is 4. The number of rotatable bonds is 15. The zero-order valence-corrected chi connectivity index (χ0v) is 30.9. The van der Waals surface area contributed by atoms with Crippen molar-refractivity contribution in [2.24, 2.45) is 11.3 Å². The average Bonchev–Trinajstić information content (AvgIpc) is 3.50. The molecular formula is C36H66N6O4. The first-order valence-electron chi connectivity index (χ1n) is 17.9. The monoisotopic (exact) mass is 647 g/mol. The van der Waals surface area contributed by atoms with Crippen LogP contribution >= 0.6 is 0 Å². The molecule has 0 radical (unpaired) electrons. The predicted octanol–water partition coefficient (Wildman–Crippen LogP) is 4.05. The van der Waals surface area contributed by atoms with E-state index in [0.29, 0.717) is 25.1 Å². The minimum Gasteiger partial charge on any atom is -0.354 e. The van der Waals surface area contributed by atoms with Crippen LogP contribution in [-0.4, -0.2) is 120 Å². The van der Waals surface area contributed by atoms with Gasteiger partial charge < -0.3 is 25.3 Å². The van der Waals surface area contributed by atoms with Gasteiger partial charge in [-0.15, -0.1) is 0 Å². The summed E-state index contributed by atoms with van der Waals surface area (Å²) in [5.74, 6) is -0.510. The molecule has 2 aliphatic rings. The summed E-state index contributed by atoms with van der Waals surface area (Å²) in [4.78, 5) is 62.5. The highest BCUT2D eigenvalue weighted by atomic mass is 16.2. The molecule has 2 saturated heterocycles. The number of hydrogen-bond donors (Lipinski definition) is 2. The Bertz CT molecular complexity index is 1050. The molecule has 0 aromatic rings. The number of likely N-dealkylation sites (N-methyl/N-ethyl adjacent to an activating group) is 1. The molecule has 2 N–H and O–H groups in total. The van der Waals surface area contributed by atoms with Gasteiger partial charge in [0, 0.05) is 31.8 Å². The average molecular weight is 647 g/mol. The van der Waals surface area contributed by atoms with E-state index in [1.165, 1.54) is 0 Å². The zero-order valence-electron chi connectivity index (χ0n) is 30.9. The molecule has 2 fully saturated rings. The predicted molar refractivity (Wildman–Crippen MR) is 186 cm³/mol. The summed E-state index contributed by atoms with van der Waals surface area (Å²) in [6.07, 6.45) is 7.03. The third kappa shape index (κ3) is 10.8. The van der Waals surface area contributed by atoms with Crippen LogP contribution in [0.1, 0.15) is 108 Å². The van der Waals surface area contributed by atoms with Gasteiger partial charge in [-0.25, -0.2) is 0 Å². The van der Waals surface area contributed by atoms with Gasteiger partial charge >= 0.3 is 0 Å². The summed E-state index contributed by atoms with van der Waals surface area (Å²) in [5, 5.41) is 6.19. The molecule has 0 spiro atoms. The van der Waals surface area contributed by atoms with Gasteiger partial charge in [0.05, 0.1) is 12.1 Å². The van der Waals surface area contributed by atoms with E-state index in [1.807, 2.05) is 40.7 Å². The Labute approximate surface area is 280 Å². The van der Waals surface area contributed by atoms with Crippen molar-refractivity contribution in [3.8, 4) is 0 Å². The Morgan fingerprint density at radius 1 is 0.913 bits per heavy atom. The van der Waals surface area contributed by atoms with Gasteiger partial charge in [0.2, 0.25) is 23.6 Å². The van der Waals surface area contributed by atoms with Crippen LogP contribution in [0.15, 0.2) is 11.6 Å². The topological polar surface area (TPSA) is 105 Å². The SMILES string of the molecule is CCN(CC)CCCNC(=O)[C@@H]1CCCN1C(=O)/C(C)=C/[C@H](C(C)C)N(C)C(=O)[C@@H](NC(=O)C1CCCCN1C(C)C)C(C)(C)C. The standard InChI is InChI=1S/C36H66N6O4/c1-12-40(13-2)21-17-20-37-32(43)28-19-16-23-42(28)34(45)27(7)24-30(25(3)4)39(11)35(46)31(36(8,9)10)38-33(44)29-18-14-15-22-41(29)26(5)6/h24-26,28-31H,12-23H2,1-11H3,(H,37,43)(H,38,44)/b27-24+/t28-,29?,30+,31+/m0/s1. The van der Waals surface area contributed by atoms with Crippen LogP contribution in [0.3, 0.4) is 0 Å². The molecule has 10 nitrogen and oxygen atoms in total. The molecular weight excluding hydrogens is 580 g/mol. The van der Waals surface area contributed by atoms with Gasteiger partial charge in [-0.3, -0.25) is 24.1 Å². The molecule has 2 heterocycles. The Morgan fingerprint density at radius 3 is 2.11 bits per heavy atom. The lowest BCUT2D eigenvalue weighted by Crippen LogP contribution is -2.60. The van der Waals surface area contributed by atoms with E-state index in [0.717, 1.165) is 58.3 Å². The summed E-state index contributed by atoms with van der Waals surface area (Å²) in [5.41, 5.74) is 0.00126. The molecule has 0 aliphatic carbocycles. The van der Waals surface area contributed by atoms with Crippen molar-refractivity contribution in [3.05, 3.63) is 11.6 Å². The first-order valence-corrected chi connectivity index (χ1v) is 17.9. The van der Waals surface area contributed by atoms with Crippen molar-refractivity contribution in [1.29, 1.82) is 0 Å². The summed E-state index contributed by atoms with van der Waals surface area (Å²) in [7, 11) is 1.76. The third-order valence-electron chi connectivity index (χ3n) is 9.81. The number of hydrogen-bond acceptors (Lipinski definition) is 6. The lowest BCUT2D eigenvalue weighted by molar-refractivity contribution is -0.142. The number of piperidine rings is 1. The van der Waals surface area contributed by atoms with Crippen LogP contribution in [0.2, 0.25) is 0 Å². The summed E-state index contributed by atoms with van der Waals surface area (Å²) < 4.78 is 0. The first-order chi connectivity index (χ1) is 21.5. The fourth-order valence-corrected chi connectivity index (χ4v) is 6.85. The summed E-state index contributed by atoms with van der Waals surface area (Å²) >= 11 is 0. The molecule has 2 rings (SSSR count). The van der Waals surface area contributed by atoms with Crippen LogP contribution in [-0.2, 0) is 19.2 Å². The minimum absolute atomic E-state index is 0.0197. The molecule has 0 bridgehead atoms. The number of carbonyl (C=O) groups is 4. The Balaban J connectivity index is 2.17. The molecule has 10 heteroatoms. The van der Waals surface area contributed by atoms with Crippen LogP contribution in [0.5, 0.6) is 0 Å². The maximum atomic E-state index is 14.1. The Morgan fingerprint density at radius 2 is 1.54 bits per heavy atom. The minimum atomic E-state index is -0.722. The second-order valence-electron chi connectivity index (χ2n) is 15.0. The fraction of sp³-hybridized carbons (Fsp3) is 0.833. The third-order valence-corrected chi connectivity index (χ3v) is 9.81. The van der Waals surface area contributed by atoms with Crippen LogP contribution in [0, 0.1) is 11.3 Å². The lowest BCUT2D eigenvalue weighted by atomic mass is 9.84. The first kappa shape index (κ1) is 39.7. The van der Waals surface area contributed by atoms with Crippen molar-refractivity contribution < 1.29 is 19.2 Å². The zero-order chi connectivity index (χ0) is 34.8. The van der Waals surface area contributed by atoms with Crippen LogP contribution in [0.25, 0.3) is 0 Å². The largest absolute Gasteiger partial charge is 0.354 e. The van der Waals surface area contributed by atoms with Crippen molar-refractivity contribution in [2.45, 2.75) is 138 Å². The summed E-state index contributed by atoms with van der Waals surface area (Å²) in [6, 6.07) is -1.57. The van der Waals surface area contributed by atoms with Gasteiger partial charge in [0.15, 0.2) is 0 Å². The van der Waals surface area contributed by atoms with E-state index in [9.17, 15) is 19.2 Å². The van der Waals surface area contributed by atoms with Crippen molar-refractivity contribution in [1.82, 2.24) is 30.2 Å². The lowest BCUT2D eigenvalue weighted by Gasteiger charge is -2.41. The van der Waals surface area contributed by atoms with E-state index in [2.05, 4.69) is 48.1 Å². The molecule has 2 aliphatic heterocycles. The molecule has 264 valence electrons. The van der Waals surface area contributed by atoms with E-state index in [1.54, 1.807) is 23.8 Å². The number of nitrogens with zero attached hydrogens (tertiary/aromatic N) is 4. The van der Waals surface area contributed by atoms with E-state index in [-0.39, 0.29) is 47.7 Å². The molecule has 0 aromatic carbocycles. The highest BCUT2D eigenvalue weighted by Crippen LogP contribution is 2.27. The van der Waals surface area contributed by atoms with Crippen molar-refractivity contribution in [3.63, 3.8) is 0 Å². The highest BCUT2D eigenvalue weighted by molar-refractivity contribution is 5.97. The quantitative estimate of drug-likeness (QED) is 0.206. The highest BCUT2D eigenvalue weighted by Gasteiger charge is 2.40. The maximum Gasteiger partial charge on any atom is 0.249 e. The Kier molecular flexibility index (Phi) is 15.7. The van der Waals surface area contributed by atoms with Gasteiger partial charge in [-0.2, -0.15) is 0 Å². The second-order valence-corrected chi connectivity index (χ2v) is 15.0. The van der Waals surface area contributed by atoms with Gasteiger partial charge in [-0.1, -0.05) is 61.0 Å². The van der Waals surface area contributed by atoms with E-state index >= 15 is 0 Å². The molecule has 46 heavy (non-hydrogen) atoms. The Hall–Kier alpha value is -2.46. The molecule has 0 saturated carbocycles. The number of carbonyl (C=O) groups excluding carboxylic acids is 4. The number of likely N-dealkylation sites (tertiary alicyclic amines) is 2. The van der Waals surface area contributed by atoms with Gasteiger partial charge in [0.1, 0.15) is 12.1 Å². The molecule has 0 aromatic heterocycles. The van der Waals surface area contributed by atoms with Crippen molar-refractivity contribution >= 4 is 23.6 Å². The number of nitrogens with one attached hydrogen (secondary N) is 2. The smallest absolute Gasteiger partial charge is 0.249 e. The molecule has 1 unspecified atom stereocenters. The summed E-state index contributed by atoms with van der Waals surface area (Å²) in [6.45, 7) is 25.2. The molecule has 4 amide bonds. The normalized spacial score (nSPS) is 21.1. The van der Waals surface area contributed by atoms with E-state index < -0.39 is 17.5 Å². The fourth-order valence-electron chi connectivity index (χ4n) is 6.85. The van der Waals surface area contributed by atoms with Crippen LogP contribution in [0.4, 0.5) is 0 Å². The van der Waals surface area contributed by atoms with E-state index in [4.69, 9.17) is 0 Å². The van der Waals surface area contributed by atoms with Crippen molar-refractivity contribution in [2.75, 3.05) is 46.3 Å². The molecule has 4 atom stereocenters. The van der Waals surface area contributed by atoms with Gasteiger partial charge in [0.25, 0.3) is 0 Å².